The van der Waals surface area contributed by atoms with Crippen LogP contribution in [0, 0.1) is 17.6 Å². The van der Waals surface area contributed by atoms with Gasteiger partial charge in [-0.15, -0.1) is 5.10 Å². The first-order valence-corrected chi connectivity index (χ1v) is 19.5. The second-order valence-corrected chi connectivity index (χ2v) is 15.6. The predicted molar refractivity (Wildman–Crippen MR) is 196 cm³/mol. The molecule has 2 N–H and O–H groups in total. The smallest absolute Gasteiger partial charge is 0.433 e. The van der Waals surface area contributed by atoms with Crippen molar-refractivity contribution in [3.8, 4) is 17.2 Å². The zero-order chi connectivity index (χ0) is 43.2. The number of fused-ring (bicyclic) bond motifs is 4. The number of benzene rings is 2. The third-order valence-corrected chi connectivity index (χ3v) is 10.8. The number of rotatable bonds is 11. The van der Waals surface area contributed by atoms with Gasteiger partial charge in [-0.2, -0.15) is 31.8 Å². The molecular formula is C36H26ClF9N10O3S. The van der Waals surface area contributed by atoms with Crippen molar-refractivity contribution in [1.29, 1.82) is 0 Å². The summed E-state index contributed by atoms with van der Waals surface area (Å²) >= 11 is 4.87. The SMILES string of the molecule is Cn1nc(N[S+](C)[O-])c2c(Cl)ccc(-n3c(C(Cc4cc(F)cc(F)c4)NC(=O)Cn4nc(C(F)F)c5c4C(F)(F)C4CC54)nc(-c4nccc(C(F)(F)F)n4)cc3=O)c21. The summed E-state index contributed by atoms with van der Waals surface area (Å²) in [5.41, 5.74) is -5.31. The molecule has 0 radical (unpaired) electrons. The van der Waals surface area contributed by atoms with Crippen LogP contribution >= 0.6 is 11.6 Å². The lowest BCUT2D eigenvalue weighted by Gasteiger charge is -2.24. The molecule has 2 aliphatic rings. The van der Waals surface area contributed by atoms with E-state index in [1.54, 1.807) is 0 Å². The molecule has 13 nitrogen and oxygen atoms in total. The van der Waals surface area contributed by atoms with E-state index in [1.807, 2.05) is 0 Å². The van der Waals surface area contributed by atoms with Crippen LogP contribution in [-0.2, 0) is 48.3 Å². The maximum Gasteiger partial charge on any atom is 0.433 e. The van der Waals surface area contributed by atoms with Crippen molar-refractivity contribution < 1.29 is 48.9 Å². The van der Waals surface area contributed by atoms with Gasteiger partial charge in [-0.25, -0.2) is 32.5 Å². The van der Waals surface area contributed by atoms with Crippen LogP contribution in [0.4, 0.5) is 45.3 Å². The van der Waals surface area contributed by atoms with E-state index in [-0.39, 0.29) is 45.0 Å². The molecule has 60 heavy (non-hydrogen) atoms. The normalized spacial score (nSPS) is 17.8. The fourth-order valence-electron chi connectivity index (χ4n) is 7.60. The number of alkyl halides is 7. The number of anilines is 1. The summed E-state index contributed by atoms with van der Waals surface area (Å²) in [4.78, 5) is 40.2. The lowest BCUT2D eigenvalue weighted by molar-refractivity contribution is -0.141. The molecule has 0 bridgehead atoms. The van der Waals surface area contributed by atoms with Crippen LogP contribution in [0.1, 0.15) is 58.8 Å². The van der Waals surface area contributed by atoms with Crippen LogP contribution < -0.4 is 15.6 Å². The highest BCUT2D eigenvalue weighted by Crippen LogP contribution is 2.68. The number of amides is 1. The highest BCUT2D eigenvalue weighted by Gasteiger charge is 2.67. The third-order valence-electron chi connectivity index (χ3n) is 9.99. The molecule has 0 saturated heterocycles. The molecule has 2 aromatic carbocycles. The maximum atomic E-state index is 15.4. The monoisotopic (exact) mass is 884 g/mol. The molecule has 0 spiro atoms. The summed E-state index contributed by atoms with van der Waals surface area (Å²) in [5, 5.41) is 10.6. The Labute approximate surface area is 338 Å². The number of hydrogen-bond donors (Lipinski definition) is 2. The van der Waals surface area contributed by atoms with E-state index in [1.165, 1.54) is 30.1 Å². The Morgan fingerprint density at radius 1 is 1.08 bits per heavy atom. The van der Waals surface area contributed by atoms with E-state index in [0.717, 1.165) is 29.0 Å². The first-order chi connectivity index (χ1) is 28.2. The van der Waals surface area contributed by atoms with Crippen molar-refractivity contribution in [2.75, 3.05) is 11.0 Å². The lowest BCUT2D eigenvalue weighted by atomic mass is 10.0. The molecule has 6 aromatic rings. The van der Waals surface area contributed by atoms with E-state index in [9.17, 15) is 44.9 Å². The van der Waals surface area contributed by atoms with Crippen molar-refractivity contribution >= 4 is 45.6 Å². The fraction of sp³-hybridized carbons (Fsp3) is 0.306. The molecule has 4 atom stereocenters. The third kappa shape index (κ3) is 7.31. The van der Waals surface area contributed by atoms with Gasteiger partial charge in [-0.1, -0.05) is 11.6 Å². The van der Waals surface area contributed by atoms with Gasteiger partial charge < -0.3 is 9.87 Å². The highest BCUT2D eigenvalue weighted by molar-refractivity contribution is 7.92. The van der Waals surface area contributed by atoms with Crippen LogP contribution in [0.3, 0.4) is 0 Å². The average Bonchev–Trinajstić information content (AvgIpc) is 3.69. The number of aryl methyl sites for hydroxylation is 1. The average molecular weight is 885 g/mol. The number of aromatic nitrogens is 8. The number of nitrogens with zero attached hydrogens (tertiary/aromatic N) is 8. The second kappa shape index (κ2) is 14.8. The Morgan fingerprint density at radius 3 is 2.47 bits per heavy atom. The Hall–Kier alpha value is -5.68. The van der Waals surface area contributed by atoms with E-state index < -0.39 is 118 Å². The number of nitrogens with one attached hydrogen (secondary N) is 2. The molecular weight excluding hydrogens is 859 g/mol. The summed E-state index contributed by atoms with van der Waals surface area (Å²) in [5.74, 6) is -10.3. The minimum Gasteiger partial charge on any atom is -0.593 e. The van der Waals surface area contributed by atoms with Crippen LogP contribution in [0.15, 0.2) is 53.5 Å². The van der Waals surface area contributed by atoms with Crippen LogP contribution in [0.2, 0.25) is 5.02 Å². The van der Waals surface area contributed by atoms with Gasteiger partial charge in [-0.3, -0.25) is 23.5 Å². The fourth-order valence-corrected chi connectivity index (χ4v) is 8.26. The summed E-state index contributed by atoms with van der Waals surface area (Å²) in [6, 6.07) is 4.56. The minimum absolute atomic E-state index is 0.00109. The van der Waals surface area contributed by atoms with E-state index in [2.05, 4.69) is 35.2 Å². The Kier molecular flexibility index (Phi) is 10.1. The van der Waals surface area contributed by atoms with Gasteiger partial charge >= 0.3 is 6.18 Å². The zero-order valence-electron chi connectivity index (χ0n) is 30.5. The largest absolute Gasteiger partial charge is 0.593 e. The van der Waals surface area contributed by atoms with Crippen molar-refractivity contribution in [2.45, 2.75) is 49.9 Å². The summed E-state index contributed by atoms with van der Waals surface area (Å²) < 4.78 is 147. The van der Waals surface area contributed by atoms with E-state index >= 15 is 8.78 Å². The Balaban J connectivity index is 1.33. The summed E-state index contributed by atoms with van der Waals surface area (Å²) in [7, 11) is 1.43. The van der Waals surface area contributed by atoms with Crippen molar-refractivity contribution in [2.24, 2.45) is 13.0 Å². The number of halogens is 10. The van der Waals surface area contributed by atoms with E-state index in [0.29, 0.717) is 16.8 Å². The zero-order valence-corrected chi connectivity index (χ0v) is 32.1. The van der Waals surface area contributed by atoms with Gasteiger partial charge in [0.2, 0.25) is 11.7 Å². The van der Waals surface area contributed by atoms with Gasteiger partial charge in [0.05, 0.1) is 39.0 Å². The quantitative estimate of drug-likeness (QED) is 0.107. The lowest BCUT2D eigenvalue weighted by Crippen LogP contribution is -2.38. The van der Waals surface area contributed by atoms with Crippen LogP contribution in [-0.4, -0.2) is 55.8 Å². The van der Waals surface area contributed by atoms with Crippen molar-refractivity contribution in [3.63, 3.8) is 0 Å². The molecule has 8 rings (SSSR count). The standard InChI is InChI=1S/C36H26ClF9N10O3S/c1-54-29-22(4-3-19(37)27(29)33(52-54)53-60(2)59)56-25(58)12-20(32-47-6-5-23(50-32)36(44,45)46)49-34(56)21(9-14-7-15(38)10-16(39)8-14)48-24(57)13-55-30-26(28(51-55)31(40)41)17-11-18(17)35(30,42)43/h3-8,10,12,17-18,21,31H,9,11,13H2,1-2H3,(H,48,57)(H,52,53). The van der Waals surface area contributed by atoms with Crippen molar-refractivity contribution in [3.05, 3.63) is 110 Å². The molecule has 1 saturated carbocycles. The van der Waals surface area contributed by atoms with Gasteiger partial charge in [0.1, 0.15) is 53.0 Å². The topological polar surface area (TPSA) is 160 Å². The number of carbonyl (C=O) groups is 1. The molecule has 1 amide bonds. The molecule has 4 aromatic heterocycles. The van der Waals surface area contributed by atoms with E-state index in [4.69, 9.17) is 11.6 Å². The Bertz CT molecular complexity index is 2760. The molecule has 4 unspecified atom stereocenters. The summed E-state index contributed by atoms with van der Waals surface area (Å²) in [6.45, 7) is -1.09. The van der Waals surface area contributed by atoms with Crippen molar-refractivity contribution in [1.82, 2.24) is 44.4 Å². The minimum atomic E-state index is -4.97. The van der Waals surface area contributed by atoms with Gasteiger partial charge in [0.15, 0.2) is 5.82 Å². The molecule has 24 heteroatoms. The second-order valence-electron chi connectivity index (χ2n) is 14.0. The highest BCUT2D eigenvalue weighted by atomic mass is 35.5. The maximum absolute atomic E-state index is 15.4. The molecule has 4 heterocycles. The summed E-state index contributed by atoms with van der Waals surface area (Å²) in [6.07, 6.45) is -6.84. The first kappa shape index (κ1) is 41.1. The molecule has 1 fully saturated rings. The molecule has 314 valence electrons. The predicted octanol–water partition coefficient (Wildman–Crippen LogP) is 6.68. The number of hydrogen-bond acceptors (Lipinski definition) is 9. The first-order valence-electron chi connectivity index (χ1n) is 17.5. The van der Waals surface area contributed by atoms with Gasteiger partial charge in [-0.05, 0) is 48.2 Å². The van der Waals surface area contributed by atoms with Gasteiger partial charge in [0.25, 0.3) is 17.9 Å². The Morgan fingerprint density at radius 2 is 1.80 bits per heavy atom. The molecule has 2 aliphatic carbocycles. The molecule has 0 aliphatic heterocycles. The van der Waals surface area contributed by atoms with Crippen LogP contribution in [0.5, 0.6) is 0 Å². The van der Waals surface area contributed by atoms with Crippen LogP contribution in [0.25, 0.3) is 28.1 Å². The number of carbonyl (C=O) groups excluding carboxylic acids is 1. The van der Waals surface area contributed by atoms with Gasteiger partial charge in [0, 0.05) is 43.3 Å².